The summed E-state index contributed by atoms with van der Waals surface area (Å²) in [5, 5.41) is 8.09. The Bertz CT molecular complexity index is 1490. The summed E-state index contributed by atoms with van der Waals surface area (Å²) in [6.45, 7) is 6.47. The van der Waals surface area contributed by atoms with E-state index in [2.05, 4.69) is 38.9 Å². The molecule has 11 heteroatoms. The predicted octanol–water partition coefficient (Wildman–Crippen LogP) is 3.44. The van der Waals surface area contributed by atoms with Crippen molar-refractivity contribution < 1.29 is 22.3 Å². The standard InChI is InChI=1S/C25H29N5O5S/c1-15-11-30(12-16(2)34-15)13-20-9-27-25(35-20)21-6-17(7-23-22(21)10-28-29-23)18-5-19(14-36(4,31)32)24(33-3)26-8-18/h5-10,15-16H,11-14H2,1-4H3,(H,28,29)/t15-,16+. The Hall–Kier alpha value is -3.28. The fourth-order valence-electron chi connectivity index (χ4n) is 4.76. The number of benzene rings is 1. The van der Waals surface area contributed by atoms with Crippen LogP contribution >= 0.6 is 0 Å². The third-order valence-electron chi connectivity index (χ3n) is 6.09. The van der Waals surface area contributed by atoms with Crippen LogP contribution < -0.4 is 4.74 Å². The first kappa shape index (κ1) is 24.4. The lowest BCUT2D eigenvalue weighted by atomic mass is 10.0. The molecule has 10 nitrogen and oxygen atoms in total. The largest absolute Gasteiger partial charge is 0.481 e. The van der Waals surface area contributed by atoms with E-state index in [1.54, 1.807) is 24.7 Å². The Morgan fingerprint density at radius 1 is 1.08 bits per heavy atom. The van der Waals surface area contributed by atoms with Gasteiger partial charge in [-0.25, -0.2) is 18.4 Å². The predicted molar refractivity (Wildman–Crippen MR) is 135 cm³/mol. The monoisotopic (exact) mass is 511 g/mol. The van der Waals surface area contributed by atoms with Crippen LogP contribution in [0.25, 0.3) is 33.5 Å². The second-order valence-corrected chi connectivity index (χ2v) is 11.5. The van der Waals surface area contributed by atoms with Gasteiger partial charge in [0.25, 0.3) is 0 Å². The number of aromatic amines is 1. The van der Waals surface area contributed by atoms with Gasteiger partial charge in [-0.15, -0.1) is 0 Å². The molecule has 0 unspecified atom stereocenters. The number of methoxy groups -OCH3 is 1. The number of hydrogen-bond donors (Lipinski definition) is 1. The minimum atomic E-state index is -3.28. The first-order valence-corrected chi connectivity index (χ1v) is 13.8. The number of nitrogens with zero attached hydrogens (tertiary/aromatic N) is 4. The lowest BCUT2D eigenvalue weighted by Gasteiger charge is -2.34. The molecule has 190 valence electrons. The number of H-pyrrole nitrogens is 1. The quantitative estimate of drug-likeness (QED) is 0.397. The molecular formula is C25H29N5O5S. The number of oxazole rings is 1. The van der Waals surface area contributed by atoms with Gasteiger partial charge in [-0.05, 0) is 37.6 Å². The van der Waals surface area contributed by atoms with Crippen LogP contribution in [-0.4, -0.2) is 72.1 Å². The Labute approximate surface area is 209 Å². The van der Waals surface area contributed by atoms with Crippen LogP contribution in [0.2, 0.25) is 0 Å². The maximum absolute atomic E-state index is 11.9. The number of morpholine rings is 1. The highest BCUT2D eigenvalue weighted by molar-refractivity contribution is 7.89. The number of aromatic nitrogens is 4. The maximum atomic E-state index is 11.9. The molecule has 36 heavy (non-hydrogen) atoms. The van der Waals surface area contributed by atoms with Crippen molar-refractivity contribution in [1.82, 2.24) is 25.1 Å². The number of ether oxygens (including phenoxy) is 2. The molecule has 1 saturated heterocycles. The summed E-state index contributed by atoms with van der Waals surface area (Å²) in [5.74, 6) is 1.38. The van der Waals surface area contributed by atoms with Crippen molar-refractivity contribution in [3.05, 3.63) is 48.1 Å². The number of nitrogens with one attached hydrogen (secondary N) is 1. The normalized spacial score (nSPS) is 19.1. The first-order valence-electron chi connectivity index (χ1n) is 11.7. The molecule has 1 aromatic carbocycles. The van der Waals surface area contributed by atoms with Crippen LogP contribution in [0.1, 0.15) is 25.2 Å². The molecule has 0 aliphatic carbocycles. The number of sulfone groups is 1. The van der Waals surface area contributed by atoms with E-state index in [1.165, 1.54) is 13.4 Å². The van der Waals surface area contributed by atoms with Gasteiger partial charge < -0.3 is 13.9 Å². The fraction of sp³-hybridized carbons (Fsp3) is 0.400. The lowest BCUT2D eigenvalue weighted by Crippen LogP contribution is -2.44. The average Bonchev–Trinajstić information content (AvgIpc) is 3.46. The molecule has 0 amide bonds. The summed E-state index contributed by atoms with van der Waals surface area (Å²) in [4.78, 5) is 11.2. The molecule has 3 aromatic heterocycles. The fourth-order valence-corrected chi connectivity index (χ4v) is 5.53. The minimum absolute atomic E-state index is 0.169. The molecule has 4 aromatic rings. The zero-order valence-corrected chi connectivity index (χ0v) is 21.5. The molecule has 1 aliphatic rings. The van der Waals surface area contributed by atoms with Crippen molar-refractivity contribution in [3.8, 4) is 28.5 Å². The lowest BCUT2D eigenvalue weighted by molar-refractivity contribution is -0.0718. The van der Waals surface area contributed by atoms with Gasteiger partial charge in [0.05, 0.1) is 49.5 Å². The van der Waals surface area contributed by atoms with E-state index >= 15 is 0 Å². The van der Waals surface area contributed by atoms with Crippen LogP contribution in [0, 0.1) is 0 Å². The zero-order chi connectivity index (χ0) is 25.4. The second kappa shape index (κ2) is 9.64. The number of fused-ring (bicyclic) bond motifs is 1. The third-order valence-corrected chi connectivity index (χ3v) is 6.92. The first-order chi connectivity index (χ1) is 17.2. The topological polar surface area (TPSA) is 123 Å². The third kappa shape index (κ3) is 5.28. The van der Waals surface area contributed by atoms with Crippen molar-refractivity contribution in [1.29, 1.82) is 0 Å². The molecular weight excluding hydrogens is 482 g/mol. The van der Waals surface area contributed by atoms with Gasteiger partial charge in [0.15, 0.2) is 9.84 Å². The summed E-state index contributed by atoms with van der Waals surface area (Å²) < 4.78 is 41.2. The van der Waals surface area contributed by atoms with Crippen LogP contribution in [-0.2, 0) is 26.9 Å². The van der Waals surface area contributed by atoms with Gasteiger partial charge in [0, 0.05) is 47.6 Å². The van der Waals surface area contributed by atoms with E-state index in [0.29, 0.717) is 18.0 Å². The molecule has 0 saturated carbocycles. The Balaban J connectivity index is 1.50. The second-order valence-electron chi connectivity index (χ2n) is 9.40. The Kier molecular flexibility index (Phi) is 6.54. The SMILES string of the molecule is COc1ncc(-c2cc(-c3ncc(CN4C[C@@H](C)O[C@@H](C)C4)o3)c3cn[nH]c3c2)cc1CS(C)(=O)=O. The van der Waals surface area contributed by atoms with Gasteiger partial charge in [0.1, 0.15) is 5.76 Å². The molecule has 2 atom stereocenters. The van der Waals surface area contributed by atoms with E-state index in [4.69, 9.17) is 13.9 Å². The van der Waals surface area contributed by atoms with Gasteiger partial charge in [-0.2, -0.15) is 5.10 Å². The van der Waals surface area contributed by atoms with Crippen molar-refractivity contribution in [3.63, 3.8) is 0 Å². The van der Waals surface area contributed by atoms with E-state index in [1.807, 2.05) is 12.1 Å². The molecule has 1 aliphatic heterocycles. The summed E-state index contributed by atoms with van der Waals surface area (Å²) in [6, 6.07) is 5.69. The van der Waals surface area contributed by atoms with Crippen molar-refractivity contribution in [2.24, 2.45) is 0 Å². The van der Waals surface area contributed by atoms with Crippen molar-refractivity contribution in [2.75, 3.05) is 26.5 Å². The summed E-state index contributed by atoms with van der Waals surface area (Å²) >= 11 is 0. The number of pyridine rings is 1. The highest BCUT2D eigenvalue weighted by Gasteiger charge is 2.24. The summed E-state index contributed by atoms with van der Waals surface area (Å²) in [5.41, 5.74) is 3.65. The van der Waals surface area contributed by atoms with E-state index in [9.17, 15) is 8.42 Å². The van der Waals surface area contributed by atoms with E-state index < -0.39 is 9.84 Å². The summed E-state index contributed by atoms with van der Waals surface area (Å²) in [6.07, 6.45) is 6.69. The zero-order valence-electron chi connectivity index (χ0n) is 20.7. The highest BCUT2D eigenvalue weighted by atomic mass is 32.2. The van der Waals surface area contributed by atoms with E-state index in [-0.39, 0.29) is 23.8 Å². The Morgan fingerprint density at radius 2 is 1.86 bits per heavy atom. The van der Waals surface area contributed by atoms with Crippen molar-refractivity contribution >= 4 is 20.7 Å². The molecule has 0 spiro atoms. The highest BCUT2D eigenvalue weighted by Crippen LogP contribution is 2.34. The van der Waals surface area contributed by atoms with Gasteiger partial charge in [-0.3, -0.25) is 10.00 Å². The van der Waals surface area contributed by atoms with Gasteiger partial charge in [-0.1, -0.05) is 0 Å². The molecule has 4 heterocycles. The smallest absolute Gasteiger partial charge is 0.227 e. The Morgan fingerprint density at radius 3 is 2.58 bits per heavy atom. The maximum Gasteiger partial charge on any atom is 0.227 e. The molecule has 5 rings (SSSR count). The minimum Gasteiger partial charge on any atom is -0.481 e. The van der Waals surface area contributed by atoms with Crippen LogP contribution in [0.15, 0.2) is 41.2 Å². The number of hydrogen-bond acceptors (Lipinski definition) is 9. The van der Waals surface area contributed by atoms with Crippen LogP contribution in [0.3, 0.4) is 0 Å². The van der Waals surface area contributed by atoms with Crippen LogP contribution in [0.4, 0.5) is 0 Å². The van der Waals surface area contributed by atoms with Gasteiger partial charge >= 0.3 is 0 Å². The summed E-state index contributed by atoms with van der Waals surface area (Å²) in [7, 11) is -1.80. The molecule has 1 N–H and O–H groups in total. The molecule has 0 radical (unpaired) electrons. The van der Waals surface area contributed by atoms with Crippen molar-refractivity contribution in [2.45, 2.75) is 38.4 Å². The number of rotatable bonds is 7. The van der Waals surface area contributed by atoms with Gasteiger partial charge in [0.2, 0.25) is 11.8 Å². The molecule has 0 bridgehead atoms. The average molecular weight is 512 g/mol. The van der Waals surface area contributed by atoms with Crippen LogP contribution in [0.5, 0.6) is 5.88 Å². The van der Waals surface area contributed by atoms with E-state index in [0.717, 1.165) is 46.4 Å². The molecule has 1 fully saturated rings.